The Labute approximate surface area is 143 Å². The van der Waals surface area contributed by atoms with Gasteiger partial charge in [0.2, 0.25) is 0 Å². The van der Waals surface area contributed by atoms with Crippen LogP contribution in [0.25, 0.3) is 17.0 Å². The van der Waals surface area contributed by atoms with Crippen LogP contribution in [0.2, 0.25) is 0 Å². The molecule has 3 rings (SSSR count). The van der Waals surface area contributed by atoms with Crippen LogP contribution >= 0.6 is 0 Å². The molecule has 132 valence electrons. The third-order valence-electron chi connectivity index (χ3n) is 3.80. The topological polar surface area (TPSA) is 52.0 Å². The van der Waals surface area contributed by atoms with Crippen molar-refractivity contribution in [2.45, 2.75) is 23.9 Å². The number of benzene rings is 1. The van der Waals surface area contributed by atoms with Gasteiger partial charge in [0.15, 0.2) is 15.5 Å². The van der Waals surface area contributed by atoms with Crippen molar-refractivity contribution in [3.8, 4) is 11.3 Å². The first-order valence-electron chi connectivity index (χ1n) is 7.51. The van der Waals surface area contributed by atoms with Gasteiger partial charge in [-0.15, -0.1) is 0 Å². The van der Waals surface area contributed by atoms with Crippen LogP contribution in [0.3, 0.4) is 0 Å². The molecule has 0 saturated heterocycles. The molecule has 25 heavy (non-hydrogen) atoms. The van der Waals surface area contributed by atoms with Gasteiger partial charge in [0.1, 0.15) is 0 Å². The van der Waals surface area contributed by atoms with E-state index >= 15 is 0 Å². The van der Waals surface area contributed by atoms with Gasteiger partial charge in [0.05, 0.1) is 16.3 Å². The number of nitrogens with zero attached hydrogens (tertiary/aromatic N) is 2. The minimum atomic E-state index is -4.56. The number of aromatic nitrogens is 2. The third-order valence-corrected chi connectivity index (χ3v) is 4.93. The van der Waals surface area contributed by atoms with E-state index in [2.05, 4.69) is 5.10 Å². The van der Waals surface area contributed by atoms with Gasteiger partial charge in [-0.25, -0.2) is 13.1 Å². The van der Waals surface area contributed by atoms with E-state index in [1.807, 2.05) is 12.2 Å². The molecule has 0 unspecified atom stereocenters. The second kappa shape index (κ2) is 6.18. The summed E-state index contributed by atoms with van der Waals surface area (Å²) in [4.78, 5) is 0.107. The average Bonchev–Trinajstić information content (AvgIpc) is 3.00. The zero-order valence-electron chi connectivity index (χ0n) is 13.3. The highest BCUT2D eigenvalue weighted by Crippen LogP contribution is 2.34. The van der Waals surface area contributed by atoms with Crippen molar-refractivity contribution in [1.29, 1.82) is 0 Å². The summed E-state index contributed by atoms with van der Waals surface area (Å²) in [5, 5.41) is 3.71. The summed E-state index contributed by atoms with van der Waals surface area (Å²) in [5.74, 6) is 0. The molecule has 1 heterocycles. The molecule has 0 amide bonds. The van der Waals surface area contributed by atoms with Gasteiger partial charge in [-0.2, -0.15) is 18.3 Å². The van der Waals surface area contributed by atoms with Crippen LogP contribution in [0.15, 0.2) is 53.5 Å². The van der Waals surface area contributed by atoms with E-state index in [0.717, 1.165) is 25.2 Å². The van der Waals surface area contributed by atoms with Gasteiger partial charge in [-0.1, -0.05) is 24.3 Å². The summed E-state index contributed by atoms with van der Waals surface area (Å²) in [6, 6.07) is 6.69. The molecule has 0 spiro atoms. The Morgan fingerprint density at radius 3 is 2.32 bits per heavy atom. The van der Waals surface area contributed by atoms with Gasteiger partial charge in [0.25, 0.3) is 0 Å². The van der Waals surface area contributed by atoms with E-state index in [0.29, 0.717) is 11.3 Å². The lowest BCUT2D eigenvalue weighted by atomic mass is 10.1. The highest BCUT2D eigenvalue weighted by molar-refractivity contribution is 7.90. The summed E-state index contributed by atoms with van der Waals surface area (Å²) in [5.41, 5.74) is 0.277. The Kier molecular flexibility index (Phi) is 4.32. The maximum Gasteiger partial charge on any atom is 0.435 e. The summed E-state index contributed by atoms with van der Waals surface area (Å²) < 4.78 is 63.6. The third kappa shape index (κ3) is 3.68. The van der Waals surface area contributed by atoms with Gasteiger partial charge < -0.3 is 0 Å². The van der Waals surface area contributed by atoms with Gasteiger partial charge >= 0.3 is 6.18 Å². The first-order chi connectivity index (χ1) is 11.7. The molecule has 0 bridgehead atoms. The zero-order valence-corrected chi connectivity index (χ0v) is 14.1. The molecule has 0 saturated carbocycles. The second-order valence-electron chi connectivity index (χ2n) is 5.73. The van der Waals surface area contributed by atoms with Crippen LogP contribution in [0, 0.1) is 0 Å². The maximum atomic E-state index is 13.1. The van der Waals surface area contributed by atoms with E-state index in [1.165, 1.54) is 28.9 Å². The Morgan fingerprint density at radius 2 is 1.80 bits per heavy atom. The van der Waals surface area contributed by atoms with Gasteiger partial charge in [-0.05, 0) is 37.1 Å². The largest absolute Gasteiger partial charge is 0.435 e. The SMILES string of the molecule is CS(=O)(=O)c1ccc(-c2cc(C(F)(F)F)nn2C2=CCCC=C2)cc1. The first-order valence-corrected chi connectivity index (χ1v) is 9.40. The van der Waals surface area contributed by atoms with Crippen LogP contribution in [-0.4, -0.2) is 24.5 Å². The van der Waals surface area contributed by atoms with Crippen molar-refractivity contribution in [3.05, 3.63) is 54.3 Å². The fourth-order valence-corrected chi connectivity index (χ4v) is 3.18. The predicted octanol–water partition coefficient (Wildman–Crippen LogP) is 4.16. The highest BCUT2D eigenvalue weighted by atomic mass is 32.2. The van der Waals surface area contributed by atoms with Gasteiger partial charge in [-0.3, -0.25) is 0 Å². The lowest BCUT2D eigenvalue weighted by molar-refractivity contribution is -0.141. The molecule has 1 aromatic heterocycles. The van der Waals surface area contributed by atoms with Crippen LogP contribution in [-0.2, 0) is 16.0 Å². The number of alkyl halides is 3. The molecule has 0 atom stereocenters. The summed E-state index contributed by atoms with van der Waals surface area (Å²) in [6.45, 7) is 0. The molecule has 2 aromatic rings. The number of hydrogen-bond acceptors (Lipinski definition) is 3. The van der Waals surface area contributed by atoms with Crippen molar-refractivity contribution >= 4 is 15.5 Å². The van der Waals surface area contributed by atoms with Crippen molar-refractivity contribution < 1.29 is 21.6 Å². The normalized spacial score (nSPS) is 15.3. The molecule has 4 nitrogen and oxygen atoms in total. The zero-order chi connectivity index (χ0) is 18.2. The monoisotopic (exact) mass is 368 g/mol. The molecule has 8 heteroatoms. The fourth-order valence-electron chi connectivity index (χ4n) is 2.55. The van der Waals surface area contributed by atoms with Crippen molar-refractivity contribution in [1.82, 2.24) is 9.78 Å². The van der Waals surface area contributed by atoms with E-state index in [1.54, 1.807) is 6.08 Å². The molecule has 0 fully saturated rings. The minimum Gasteiger partial charge on any atom is -0.233 e. The predicted molar refractivity (Wildman–Crippen MR) is 88.4 cm³/mol. The van der Waals surface area contributed by atoms with Crippen molar-refractivity contribution in [3.63, 3.8) is 0 Å². The Balaban J connectivity index is 2.12. The number of halogens is 3. The number of sulfone groups is 1. The molecule has 0 N–H and O–H groups in total. The van der Waals surface area contributed by atoms with Crippen molar-refractivity contribution in [2.24, 2.45) is 0 Å². The smallest absolute Gasteiger partial charge is 0.233 e. The summed E-state index contributed by atoms with van der Waals surface area (Å²) >= 11 is 0. The molecule has 0 aliphatic heterocycles. The van der Waals surface area contributed by atoms with E-state index in [-0.39, 0.29) is 10.6 Å². The Bertz CT molecular complexity index is 953. The molecular weight excluding hydrogens is 353 g/mol. The van der Waals surface area contributed by atoms with Crippen LogP contribution in [0.1, 0.15) is 18.5 Å². The average molecular weight is 368 g/mol. The van der Waals surface area contributed by atoms with Crippen LogP contribution in [0.4, 0.5) is 13.2 Å². The number of rotatable bonds is 3. The Morgan fingerprint density at radius 1 is 1.12 bits per heavy atom. The molecule has 1 aromatic carbocycles. The molecule has 1 aliphatic carbocycles. The standard InChI is InChI=1S/C17H15F3N2O2S/c1-25(23,24)14-9-7-12(8-10-14)15-11-16(17(18,19)20)21-22(15)13-5-3-2-4-6-13/h3,5-11H,2,4H2,1H3. The molecule has 1 aliphatic rings. The van der Waals surface area contributed by atoms with Crippen LogP contribution in [0.5, 0.6) is 0 Å². The van der Waals surface area contributed by atoms with Gasteiger partial charge in [0, 0.05) is 11.8 Å². The lowest BCUT2D eigenvalue weighted by Crippen LogP contribution is -2.08. The second-order valence-corrected chi connectivity index (χ2v) is 7.75. The van der Waals surface area contributed by atoms with Crippen LogP contribution < -0.4 is 0 Å². The van der Waals surface area contributed by atoms with E-state index in [4.69, 9.17) is 0 Å². The highest BCUT2D eigenvalue weighted by Gasteiger charge is 2.35. The van der Waals surface area contributed by atoms with E-state index in [9.17, 15) is 21.6 Å². The fraction of sp³-hybridized carbons (Fsp3) is 0.235. The first kappa shape index (κ1) is 17.5. The summed E-state index contributed by atoms with van der Waals surface area (Å²) in [7, 11) is -3.38. The quantitative estimate of drug-likeness (QED) is 0.817. The molecular formula is C17H15F3N2O2S. The summed E-state index contributed by atoms with van der Waals surface area (Å²) in [6.07, 6.45) is 3.49. The van der Waals surface area contributed by atoms with Crippen molar-refractivity contribution in [2.75, 3.05) is 6.26 Å². The maximum absolute atomic E-state index is 13.1. The molecule has 0 radical (unpaired) electrons. The minimum absolute atomic E-state index is 0.107. The lowest BCUT2D eigenvalue weighted by Gasteiger charge is -2.11. The number of allylic oxidation sites excluding steroid dienone is 4. The van der Waals surface area contributed by atoms with E-state index < -0.39 is 21.7 Å². The number of hydrogen-bond donors (Lipinski definition) is 0. The Hall–Kier alpha value is -2.35.